The second-order valence-corrected chi connectivity index (χ2v) is 4.05. The van der Waals surface area contributed by atoms with Crippen molar-refractivity contribution in [3.8, 4) is 11.8 Å². The van der Waals surface area contributed by atoms with Crippen LogP contribution in [0.3, 0.4) is 0 Å². The Labute approximate surface area is 122 Å². The zero-order chi connectivity index (χ0) is 15.5. The van der Waals surface area contributed by atoms with Gasteiger partial charge in [0.05, 0.1) is 0 Å². The zero-order valence-electron chi connectivity index (χ0n) is 11.3. The van der Waals surface area contributed by atoms with E-state index in [1.807, 2.05) is 0 Å². The van der Waals surface area contributed by atoms with Gasteiger partial charge in [-0.25, -0.2) is 0 Å². The molecule has 0 atom stereocenters. The van der Waals surface area contributed by atoms with Crippen molar-refractivity contribution in [2.45, 2.75) is 6.42 Å². The first-order chi connectivity index (χ1) is 10.2. The minimum absolute atomic E-state index is 0.0635. The molecular weight excluding hydrogens is 272 g/mol. The van der Waals surface area contributed by atoms with Crippen LogP contribution in [0.2, 0.25) is 0 Å². The lowest BCUT2D eigenvalue weighted by molar-refractivity contribution is -0.112. The molecule has 0 aliphatic heterocycles. The van der Waals surface area contributed by atoms with Gasteiger partial charge < -0.3 is 21.1 Å². The minimum atomic E-state index is -0.540. The van der Waals surface area contributed by atoms with Crippen molar-refractivity contribution in [3.05, 3.63) is 36.0 Å². The van der Waals surface area contributed by atoms with Crippen LogP contribution >= 0.6 is 0 Å². The fourth-order valence-corrected chi connectivity index (χ4v) is 1.42. The molecule has 7 heteroatoms. The monoisotopic (exact) mass is 288 g/mol. The number of hydrogen-bond donors (Lipinski definition) is 4. The molecule has 1 aromatic rings. The van der Waals surface area contributed by atoms with E-state index in [1.54, 1.807) is 6.07 Å². The quantitative estimate of drug-likeness (QED) is 0.182. The van der Waals surface area contributed by atoms with Gasteiger partial charge in [-0.15, -0.1) is 0 Å². The summed E-state index contributed by atoms with van der Waals surface area (Å²) in [5.41, 5.74) is 0.417. The highest BCUT2D eigenvalue weighted by Gasteiger charge is 2.08. The molecule has 0 saturated carbocycles. The van der Waals surface area contributed by atoms with E-state index >= 15 is 0 Å². The van der Waals surface area contributed by atoms with E-state index in [4.69, 9.17) is 10.4 Å². The lowest BCUT2D eigenvalue weighted by Crippen LogP contribution is -2.20. The number of nitrogens with one attached hydrogen (secondary N) is 3. The first kappa shape index (κ1) is 16.0. The number of benzene rings is 1. The zero-order valence-corrected chi connectivity index (χ0v) is 11.3. The van der Waals surface area contributed by atoms with Gasteiger partial charge in [0, 0.05) is 25.0 Å². The Morgan fingerprint density at radius 3 is 2.52 bits per heavy atom. The molecule has 0 aliphatic rings. The summed E-state index contributed by atoms with van der Waals surface area (Å²) >= 11 is 0. The standard InChI is InChI=1S/C14H16N4O3/c15-8-11(9-16-6-1-7-17-10-19)14(21)18-12-2-4-13(20)5-3-12/h2-5,9-10,16,20H,1,6-7H2,(H,17,19)(H,18,21)/b11-9-. The normalized spacial score (nSPS) is 10.3. The van der Waals surface area contributed by atoms with Crippen LogP contribution < -0.4 is 16.0 Å². The third-order valence-corrected chi connectivity index (χ3v) is 2.46. The van der Waals surface area contributed by atoms with Crippen molar-refractivity contribution in [1.82, 2.24) is 10.6 Å². The summed E-state index contributed by atoms with van der Waals surface area (Å²) in [6, 6.07) is 7.73. The van der Waals surface area contributed by atoms with Gasteiger partial charge in [0.2, 0.25) is 6.41 Å². The molecule has 0 radical (unpaired) electrons. The Kier molecular flexibility index (Phi) is 6.86. The summed E-state index contributed by atoms with van der Waals surface area (Å²) in [6.07, 6.45) is 2.62. The molecule has 0 saturated heterocycles. The highest BCUT2D eigenvalue weighted by molar-refractivity contribution is 6.06. The lowest BCUT2D eigenvalue weighted by Gasteiger charge is -2.05. The molecule has 7 nitrogen and oxygen atoms in total. The summed E-state index contributed by atoms with van der Waals surface area (Å²) < 4.78 is 0. The smallest absolute Gasteiger partial charge is 0.267 e. The number of nitriles is 1. The first-order valence-electron chi connectivity index (χ1n) is 6.28. The number of hydrogen-bond acceptors (Lipinski definition) is 5. The minimum Gasteiger partial charge on any atom is -0.508 e. The molecule has 2 amide bonds. The second-order valence-electron chi connectivity index (χ2n) is 4.05. The maximum Gasteiger partial charge on any atom is 0.267 e. The van der Waals surface area contributed by atoms with Crippen LogP contribution in [0.25, 0.3) is 0 Å². The van der Waals surface area contributed by atoms with Crippen molar-refractivity contribution in [2.24, 2.45) is 0 Å². The van der Waals surface area contributed by atoms with E-state index in [1.165, 1.54) is 30.5 Å². The maximum absolute atomic E-state index is 11.8. The van der Waals surface area contributed by atoms with Gasteiger partial charge in [0.1, 0.15) is 17.4 Å². The SMILES string of the molecule is N#C/C(=C/NCCCNC=O)C(=O)Nc1ccc(O)cc1. The topological polar surface area (TPSA) is 114 Å². The molecule has 0 aromatic heterocycles. The van der Waals surface area contributed by atoms with Crippen LogP contribution in [0.4, 0.5) is 5.69 Å². The largest absolute Gasteiger partial charge is 0.508 e. The van der Waals surface area contributed by atoms with Crippen LogP contribution in [0, 0.1) is 11.3 Å². The van der Waals surface area contributed by atoms with Crippen LogP contribution in [-0.4, -0.2) is 30.5 Å². The third kappa shape index (κ3) is 6.11. The number of carbonyl (C=O) groups is 2. The number of rotatable bonds is 8. The molecule has 21 heavy (non-hydrogen) atoms. The Balaban J connectivity index is 2.47. The number of carbonyl (C=O) groups excluding carboxylic acids is 2. The van der Waals surface area contributed by atoms with Crippen LogP contribution in [0.15, 0.2) is 36.0 Å². The van der Waals surface area contributed by atoms with E-state index in [-0.39, 0.29) is 11.3 Å². The van der Waals surface area contributed by atoms with Crippen molar-refractivity contribution in [1.29, 1.82) is 5.26 Å². The summed E-state index contributed by atoms with van der Waals surface area (Å²) in [4.78, 5) is 21.9. The molecule has 1 aromatic carbocycles. The average molecular weight is 288 g/mol. The van der Waals surface area contributed by atoms with Gasteiger partial charge >= 0.3 is 0 Å². The summed E-state index contributed by atoms with van der Waals surface area (Å²) in [5, 5.41) is 26.0. The van der Waals surface area contributed by atoms with Crippen molar-refractivity contribution in [2.75, 3.05) is 18.4 Å². The number of phenols is 1. The highest BCUT2D eigenvalue weighted by atomic mass is 16.3. The summed E-state index contributed by atoms with van der Waals surface area (Å²) in [6.45, 7) is 1.05. The summed E-state index contributed by atoms with van der Waals surface area (Å²) in [5.74, 6) is -0.448. The van der Waals surface area contributed by atoms with E-state index in [9.17, 15) is 9.59 Å². The predicted octanol–water partition coefficient (Wildman–Crippen LogP) is 0.464. The van der Waals surface area contributed by atoms with Crippen molar-refractivity contribution >= 4 is 18.0 Å². The van der Waals surface area contributed by atoms with Crippen molar-refractivity contribution < 1.29 is 14.7 Å². The molecular formula is C14H16N4O3. The van der Waals surface area contributed by atoms with E-state index in [0.29, 0.717) is 31.6 Å². The molecule has 0 unspecified atom stereocenters. The van der Waals surface area contributed by atoms with Gasteiger partial charge in [-0.2, -0.15) is 5.26 Å². The van der Waals surface area contributed by atoms with E-state index < -0.39 is 5.91 Å². The van der Waals surface area contributed by atoms with Gasteiger partial charge in [-0.05, 0) is 30.7 Å². The van der Waals surface area contributed by atoms with E-state index in [0.717, 1.165) is 0 Å². The second kappa shape index (κ2) is 8.98. The molecule has 0 aliphatic carbocycles. The van der Waals surface area contributed by atoms with E-state index in [2.05, 4.69) is 16.0 Å². The summed E-state index contributed by atoms with van der Waals surface area (Å²) in [7, 11) is 0. The molecule has 0 heterocycles. The number of phenolic OH excluding ortho intramolecular Hbond substituents is 1. The fraction of sp³-hybridized carbons (Fsp3) is 0.214. The fourth-order valence-electron chi connectivity index (χ4n) is 1.42. The molecule has 110 valence electrons. The Bertz CT molecular complexity index is 546. The Morgan fingerprint density at radius 1 is 1.24 bits per heavy atom. The number of nitrogens with zero attached hydrogens (tertiary/aromatic N) is 1. The van der Waals surface area contributed by atoms with Gasteiger partial charge in [0.15, 0.2) is 0 Å². The maximum atomic E-state index is 11.8. The number of anilines is 1. The van der Waals surface area contributed by atoms with Crippen LogP contribution in [-0.2, 0) is 9.59 Å². The molecule has 1 rings (SSSR count). The molecule has 0 spiro atoms. The van der Waals surface area contributed by atoms with Crippen LogP contribution in [0.1, 0.15) is 6.42 Å². The molecule has 0 fully saturated rings. The van der Waals surface area contributed by atoms with Gasteiger partial charge in [-0.1, -0.05) is 0 Å². The van der Waals surface area contributed by atoms with Crippen molar-refractivity contribution in [3.63, 3.8) is 0 Å². The number of aromatic hydroxyl groups is 1. The van der Waals surface area contributed by atoms with Gasteiger partial charge in [-0.3, -0.25) is 9.59 Å². The van der Waals surface area contributed by atoms with Crippen LogP contribution in [0.5, 0.6) is 5.75 Å². The molecule has 4 N–H and O–H groups in total. The predicted molar refractivity (Wildman–Crippen MR) is 77.1 cm³/mol. The highest BCUT2D eigenvalue weighted by Crippen LogP contribution is 2.14. The Hall–Kier alpha value is -3.01. The lowest BCUT2D eigenvalue weighted by atomic mass is 10.2. The first-order valence-corrected chi connectivity index (χ1v) is 6.28. The van der Waals surface area contributed by atoms with Gasteiger partial charge in [0.25, 0.3) is 5.91 Å². The molecule has 0 bridgehead atoms. The third-order valence-electron chi connectivity index (χ3n) is 2.46. The number of amides is 2. The Morgan fingerprint density at radius 2 is 1.90 bits per heavy atom. The average Bonchev–Trinajstić information content (AvgIpc) is 2.49.